The van der Waals surface area contributed by atoms with E-state index in [9.17, 15) is 4.79 Å². The van der Waals surface area contributed by atoms with Gasteiger partial charge in [0.15, 0.2) is 6.61 Å². The van der Waals surface area contributed by atoms with E-state index in [1.54, 1.807) is 29.2 Å². The highest BCUT2D eigenvalue weighted by molar-refractivity contribution is 6.30. The van der Waals surface area contributed by atoms with Gasteiger partial charge in [0.2, 0.25) is 0 Å². The number of ether oxygens (including phenoxy) is 1. The number of nitrogens with zero attached hydrogens (tertiary/aromatic N) is 1. The first-order valence-corrected chi connectivity index (χ1v) is 6.39. The molecule has 1 fully saturated rings. The number of likely N-dealkylation sites (N-methyl/N-ethyl adjacent to an activating group) is 1. The summed E-state index contributed by atoms with van der Waals surface area (Å²) in [6.07, 6.45) is 1.00. The molecule has 1 aliphatic rings. The fourth-order valence-corrected chi connectivity index (χ4v) is 2.08. The van der Waals surface area contributed by atoms with Crippen LogP contribution in [-0.2, 0) is 4.79 Å². The highest BCUT2D eigenvalue weighted by Crippen LogP contribution is 2.15. The lowest BCUT2D eigenvalue weighted by molar-refractivity contribution is -0.133. The largest absolute Gasteiger partial charge is 0.484 e. The average Bonchev–Trinajstić information content (AvgIpc) is 2.90. The van der Waals surface area contributed by atoms with E-state index in [0.717, 1.165) is 19.5 Å². The van der Waals surface area contributed by atoms with Crippen molar-refractivity contribution in [1.82, 2.24) is 10.2 Å². The SMILES string of the molecule is CN(C(=O)COc1ccc(Cl)cc1)C1CCNC1. The number of carbonyl (C=O) groups is 1. The first kappa shape index (κ1) is 13.2. The molecule has 1 aliphatic heterocycles. The average molecular weight is 269 g/mol. The Morgan fingerprint density at radius 1 is 1.50 bits per heavy atom. The van der Waals surface area contributed by atoms with Gasteiger partial charge in [-0.3, -0.25) is 4.79 Å². The van der Waals surface area contributed by atoms with Gasteiger partial charge >= 0.3 is 0 Å². The molecule has 5 heteroatoms. The summed E-state index contributed by atoms with van der Waals surface area (Å²) in [6, 6.07) is 7.28. The number of halogens is 1. The van der Waals surface area contributed by atoms with Gasteiger partial charge < -0.3 is 15.0 Å². The highest BCUT2D eigenvalue weighted by atomic mass is 35.5. The highest BCUT2D eigenvalue weighted by Gasteiger charge is 2.23. The molecule has 1 N–H and O–H groups in total. The maximum Gasteiger partial charge on any atom is 0.260 e. The zero-order chi connectivity index (χ0) is 13.0. The van der Waals surface area contributed by atoms with Crippen molar-refractivity contribution in [3.05, 3.63) is 29.3 Å². The van der Waals surface area contributed by atoms with Crippen molar-refractivity contribution in [2.45, 2.75) is 12.5 Å². The van der Waals surface area contributed by atoms with E-state index in [4.69, 9.17) is 16.3 Å². The molecule has 1 saturated heterocycles. The van der Waals surface area contributed by atoms with E-state index in [1.807, 2.05) is 7.05 Å². The van der Waals surface area contributed by atoms with E-state index in [2.05, 4.69) is 5.32 Å². The summed E-state index contributed by atoms with van der Waals surface area (Å²) in [7, 11) is 1.82. The second-order valence-electron chi connectivity index (χ2n) is 4.39. The summed E-state index contributed by atoms with van der Waals surface area (Å²) in [5.74, 6) is 0.657. The lowest BCUT2D eigenvalue weighted by Crippen LogP contribution is -2.40. The Balaban J connectivity index is 1.82. The lowest BCUT2D eigenvalue weighted by atomic mass is 10.2. The second kappa shape index (κ2) is 6.07. The minimum atomic E-state index is -0.00125. The fourth-order valence-electron chi connectivity index (χ4n) is 1.95. The van der Waals surface area contributed by atoms with Crippen molar-refractivity contribution >= 4 is 17.5 Å². The summed E-state index contributed by atoms with van der Waals surface area (Å²) >= 11 is 5.77. The van der Waals surface area contributed by atoms with Crippen LogP contribution in [0.5, 0.6) is 5.75 Å². The molecule has 0 bridgehead atoms. The van der Waals surface area contributed by atoms with Gasteiger partial charge in [0.1, 0.15) is 5.75 Å². The molecule has 0 aliphatic carbocycles. The third-order valence-corrected chi connectivity index (χ3v) is 3.40. The predicted molar refractivity (Wildman–Crippen MR) is 71.0 cm³/mol. The molecular formula is C13H17ClN2O2. The number of hydrogen-bond donors (Lipinski definition) is 1. The smallest absolute Gasteiger partial charge is 0.260 e. The van der Waals surface area contributed by atoms with Crippen LogP contribution in [0.4, 0.5) is 0 Å². The van der Waals surface area contributed by atoms with E-state index < -0.39 is 0 Å². The van der Waals surface area contributed by atoms with E-state index >= 15 is 0 Å². The minimum absolute atomic E-state index is 0.00125. The number of nitrogens with one attached hydrogen (secondary N) is 1. The Morgan fingerprint density at radius 2 is 2.22 bits per heavy atom. The van der Waals surface area contributed by atoms with E-state index in [-0.39, 0.29) is 18.6 Å². The quantitative estimate of drug-likeness (QED) is 0.901. The lowest BCUT2D eigenvalue weighted by Gasteiger charge is -2.23. The Morgan fingerprint density at radius 3 is 2.83 bits per heavy atom. The predicted octanol–water partition coefficient (Wildman–Crippen LogP) is 1.54. The van der Waals surface area contributed by atoms with Crippen LogP contribution in [0.2, 0.25) is 5.02 Å². The van der Waals surface area contributed by atoms with Crippen LogP contribution >= 0.6 is 11.6 Å². The van der Waals surface area contributed by atoms with Crippen molar-refractivity contribution in [3.63, 3.8) is 0 Å². The second-order valence-corrected chi connectivity index (χ2v) is 4.83. The van der Waals surface area contributed by atoms with Crippen molar-refractivity contribution in [1.29, 1.82) is 0 Å². The van der Waals surface area contributed by atoms with Crippen molar-refractivity contribution in [2.24, 2.45) is 0 Å². The summed E-state index contributed by atoms with van der Waals surface area (Å²) in [5, 5.41) is 3.89. The summed E-state index contributed by atoms with van der Waals surface area (Å²) in [4.78, 5) is 13.7. The van der Waals surface area contributed by atoms with Crippen molar-refractivity contribution in [2.75, 3.05) is 26.7 Å². The summed E-state index contributed by atoms with van der Waals surface area (Å²) in [5.41, 5.74) is 0. The Hall–Kier alpha value is -1.26. The molecule has 0 saturated carbocycles. The maximum atomic E-state index is 11.9. The van der Waals surface area contributed by atoms with Crippen LogP contribution in [0.25, 0.3) is 0 Å². The van der Waals surface area contributed by atoms with Crippen molar-refractivity contribution < 1.29 is 9.53 Å². The van der Waals surface area contributed by atoms with E-state index in [1.165, 1.54) is 0 Å². The number of carbonyl (C=O) groups excluding carboxylic acids is 1. The van der Waals surface area contributed by atoms with Gasteiger partial charge in [-0.05, 0) is 37.2 Å². The van der Waals surface area contributed by atoms with Crippen LogP contribution in [-0.4, -0.2) is 43.6 Å². The molecule has 98 valence electrons. The molecule has 1 aromatic rings. The number of hydrogen-bond acceptors (Lipinski definition) is 3. The van der Waals surface area contributed by atoms with Crippen LogP contribution in [0.15, 0.2) is 24.3 Å². The van der Waals surface area contributed by atoms with Gasteiger partial charge in [0.25, 0.3) is 5.91 Å². The molecule has 1 heterocycles. The van der Waals surface area contributed by atoms with Crippen LogP contribution in [0.1, 0.15) is 6.42 Å². The molecular weight excluding hydrogens is 252 g/mol. The van der Waals surface area contributed by atoms with Crippen LogP contribution < -0.4 is 10.1 Å². The van der Waals surface area contributed by atoms with Gasteiger partial charge in [-0.2, -0.15) is 0 Å². The molecule has 1 aromatic carbocycles. The standard InChI is InChI=1S/C13H17ClN2O2/c1-16(11-6-7-15-8-11)13(17)9-18-12-4-2-10(14)3-5-12/h2-5,11,15H,6-9H2,1H3. The topological polar surface area (TPSA) is 41.6 Å². The molecule has 1 unspecified atom stereocenters. The maximum absolute atomic E-state index is 11.9. The molecule has 2 rings (SSSR count). The normalized spacial score (nSPS) is 18.7. The molecule has 4 nitrogen and oxygen atoms in total. The number of rotatable bonds is 4. The third-order valence-electron chi connectivity index (χ3n) is 3.15. The Kier molecular flexibility index (Phi) is 4.44. The Labute approximate surface area is 112 Å². The molecule has 0 spiro atoms. The van der Waals surface area contributed by atoms with E-state index in [0.29, 0.717) is 10.8 Å². The fraction of sp³-hybridized carbons (Fsp3) is 0.462. The van der Waals surface area contributed by atoms with Gasteiger partial charge in [-0.1, -0.05) is 11.6 Å². The van der Waals surface area contributed by atoms with Gasteiger partial charge in [-0.25, -0.2) is 0 Å². The first-order chi connectivity index (χ1) is 8.66. The zero-order valence-corrected chi connectivity index (χ0v) is 11.1. The summed E-state index contributed by atoms with van der Waals surface area (Å²) in [6.45, 7) is 1.90. The zero-order valence-electron chi connectivity index (χ0n) is 10.4. The molecule has 18 heavy (non-hydrogen) atoms. The monoisotopic (exact) mass is 268 g/mol. The van der Waals surface area contributed by atoms with Crippen LogP contribution in [0, 0.1) is 0 Å². The molecule has 0 radical (unpaired) electrons. The molecule has 1 amide bonds. The number of amides is 1. The summed E-state index contributed by atoms with van der Waals surface area (Å²) < 4.78 is 5.43. The third kappa shape index (κ3) is 3.37. The van der Waals surface area contributed by atoms with Gasteiger partial charge in [0, 0.05) is 24.7 Å². The molecule has 0 aromatic heterocycles. The van der Waals surface area contributed by atoms with Crippen molar-refractivity contribution in [3.8, 4) is 5.75 Å². The van der Waals surface area contributed by atoms with Gasteiger partial charge in [-0.15, -0.1) is 0 Å². The van der Waals surface area contributed by atoms with Gasteiger partial charge in [0.05, 0.1) is 0 Å². The Bertz CT molecular complexity index is 402. The number of benzene rings is 1. The minimum Gasteiger partial charge on any atom is -0.484 e. The first-order valence-electron chi connectivity index (χ1n) is 6.01. The molecule has 1 atom stereocenters. The van der Waals surface area contributed by atoms with Crippen LogP contribution in [0.3, 0.4) is 0 Å².